The quantitative estimate of drug-likeness (QED) is 0.716. The molecule has 0 unspecified atom stereocenters. The number of halogens is 2. The van der Waals surface area contributed by atoms with E-state index in [-0.39, 0.29) is 11.9 Å². The van der Waals surface area contributed by atoms with Gasteiger partial charge in [0.1, 0.15) is 11.0 Å². The van der Waals surface area contributed by atoms with Crippen LogP contribution in [0.25, 0.3) is 11.4 Å². The highest BCUT2D eigenvalue weighted by atomic mass is 35.5. The molecule has 0 aliphatic rings. The van der Waals surface area contributed by atoms with Crippen molar-refractivity contribution in [3.05, 3.63) is 71.3 Å². The molecule has 3 aromatic rings. The van der Waals surface area contributed by atoms with Crippen molar-refractivity contribution in [3.8, 4) is 11.4 Å². The van der Waals surface area contributed by atoms with Gasteiger partial charge in [-0.1, -0.05) is 29.8 Å². The largest absolute Gasteiger partial charge is 0.348 e. The van der Waals surface area contributed by atoms with Crippen molar-refractivity contribution in [3.63, 3.8) is 0 Å². The number of aromatic nitrogens is 3. The van der Waals surface area contributed by atoms with Crippen molar-refractivity contribution in [2.24, 2.45) is 0 Å². The average molecular weight is 329 g/mol. The number of pyridine rings is 1. The fourth-order valence-electron chi connectivity index (χ4n) is 2.16. The third-order valence-electron chi connectivity index (χ3n) is 3.34. The molecule has 2 aromatic heterocycles. The number of rotatable bonds is 4. The third-order valence-corrected chi connectivity index (χ3v) is 3.53. The zero-order chi connectivity index (χ0) is 16.2. The maximum absolute atomic E-state index is 13.0. The van der Waals surface area contributed by atoms with E-state index in [9.17, 15) is 4.39 Å². The van der Waals surface area contributed by atoms with Crippen LogP contribution in [0.3, 0.4) is 0 Å². The molecule has 0 saturated carbocycles. The number of hydrogen-bond donors (Lipinski definition) is 1. The van der Waals surface area contributed by atoms with Crippen LogP contribution in [0.2, 0.25) is 5.15 Å². The molecule has 4 nitrogen and oxygen atoms in total. The van der Waals surface area contributed by atoms with Gasteiger partial charge in [-0.05, 0) is 36.8 Å². The summed E-state index contributed by atoms with van der Waals surface area (Å²) in [5.41, 5.74) is 2.28. The van der Waals surface area contributed by atoms with Gasteiger partial charge in [-0.3, -0.25) is 4.98 Å². The summed E-state index contributed by atoms with van der Waals surface area (Å²) in [5.74, 6) is 0.132. The molecule has 1 atom stereocenters. The predicted molar refractivity (Wildman–Crippen MR) is 88.7 cm³/mol. The van der Waals surface area contributed by atoms with Gasteiger partial charge in [-0.2, -0.15) is 0 Å². The van der Waals surface area contributed by atoms with Crippen molar-refractivity contribution in [1.82, 2.24) is 15.0 Å². The second-order valence-electron chi connectivity index (χ2n) is 5.03. The van der Waals surface area contributed by atoms with Crippen LogP contribution in [0.5, 0.6) is 0 Å². The molecule has 0 saturated heterocycles. The lowest BCUT2D eigenvalue weighted by molar-refractivity contribution is 0.626. The molecule has 23 heavy (non-hydrogen) atoms. The lowest BCUT2D eigenvalue weighted by Gasteiger charge is -2.15. The minimum atomic E-state index is -0.266. The van der Waals surface area contributed by atoms with E-state index in [1.807, 2.05) is 25.1 Å². The SMILES string of the molecule is C[C@H](Nc1nc(Cl)cc(-c2ccccn2)n1)c1ccc(F)cc1. The average Bonchev–Trinajstić information content (AvgIpc) is 2.55. The molecule has 0 bridgehead atoms. The van der Waals surface area contributed by atoms with Crippen LogP contribution in [0, 0.1) is 5.82 Å². The summed E-state index contributed by atoms with van der Waals surface area (Å²) >= 11 is 6.08. The first-order chi connectivity index (χ1) is 11.1. The van der Waals surface area contributed by atoms with Crippen molar-refractivity contribution in [2.75, 3.05) is 5.32 Å². The van der Waals surface area contributed by atoms with Crippen LogP contribution in [0.1, 0.15) is 18.5 Å². The van der Waals surface area contributed by atoms with Crippen LogP contribution >= 0.6 is 11.6 Å². The normalized spacial score (nSPS) is 12.0. The molecule has 0 fully saturated rings. The summed E-state index contributed by atoms with van der Waals surface area (Å²) < 4.78 is 13.0. The van der Waals surface area contributed by atoms with Gasteiger partial charge in [0.25, 0.3) is 0 Å². The van der Waals surface area contributed by atoms with Gasteiger partial charge in [-0.25, -0.2) is 14.4 Å². The van der Waals surface area contributed by atoms with Gasteiger partial charge in [0.05, 0.1) is 17.4 Å². The third kappa shape index (κ3) is 3.81. The molecule has 0 radical (unpaired) electrons. The molecule has 116 valence electrons. The fourth-order valence-corrected chi connectivity index (χ4v) is 2.34. The number of nitrogens with one attached hydrogen (secondary N) is 1. The highest BCUT2D eigenvalue weighted by Crippen LogP contribution is 2.22. The van der Waals surface area contributed by atoms with Crippen molar-refractivity contribution < 1.29 is 4.39 Å². The Morgan fingerprint density at radius 3 is 2.52 bits per heavy atom. The number of hydrogen-bond acceptors (Lipinski definition) is 4. The Hall–Kier alpha value is -2.53. The Morgan fingerprint density at radius 2 is 1.83 bits per heavy atom. The molecule has 6 heteroatoms. The van der Waals surface area contributed by atoms with Crippen LogP contribution < -0.4 is 5.32 Å². The second kappa shape index (κ2) is 6.71. The first-order valence-electron chi connectivity index (χ1n) is 7.10. The summed E-state index contributed by atoms with van der Waals surface area (Å²) in [4.78, 5) is 12.9. The molecule has 1 N–H and O–H groups in total. The van der Waals surface area contributed by atoms with E-state index in [1.54, 1.807) is 24.4 Å². The number of anilines is 1. The zero-order valence-electron chi connectivity index (χ0n) is 12.4. The lowest BCUT2D eigenvalue weighted by atomic mass is 10.1. The second-order valence-corrected chi connectivity index (χ2v) is 5.42. The maximum atomic E-state index is 13.0. The topological polar surface area (TPSA) is 50.7 Å². The summed E-state index contributed by atoms with van der Waals surface area (Å²) in [6.45, 7) is 1.94. The van der Waals surface area contributed by atoms with Gasteiger partial charge >= 0.3 is 0 Å². The van der Waals surface area contributed by atoms with Crippen LogP contribution in [0.4, 0.5) is 10.3 Å². The van der Waals surface area contributed by atoms with Gasteiger partial charge in [0.15, 0.2) is 0 Å². The van der Waals surface area contributed by atoms with E-state index in [2.05, 4.69) is 20.3 Å². The molecule has 3 rings (SSSR count). The Kier molecular flexibility index (Phi) is 4.48. The smallest absolute Gasteiger partial charge is 0.225 e. The Labute approximate surface area is 138 Å². The van der Waals surface area contributed by atoms with Crippen molar-refractivity contribution in [2.45, 2.75) is 13.0 Å². The Bertz CT molecular complexity index is 793. The number of benzene rings is 1. The van der Waals surface area contributed by atoms with Crippen molar-refractivity contribution >= 4 is 17.5 Å². The summed E-state index contributed by atoms with van der Waals surface area (Å²) in [6, 6.07) is 13.4. The molecule has 0 aliphatic heterocycles. The van der Waals surface area contributed by atoms with Gasteiger partial charge in [0.2, 0.25) is 5.95 Å². The molecular formula is C17H14ClFN4. The highest BCUT2D eigenvalue weighted by Gasteiger charge is 2.10. The van der Waals surface area contributed by atoms with Crippen LogP contribution in [-0.4, -0.2) is 15.0 Å². The van der Waals surface area contributed by atoms with Crippen LogP contribution in [0.15, 0.2) is 54.7 Å². The molecule has 0 spiro atoms. The monoisotopic (exact) mass is 328 g/mol. The standard InChI is InChI=1S/C17H14ClFN4/c1-11(12-5-7-13(19)8-6-12)21-17-22-15(10-16(18)23-17)14-4-2-3-9-20-14/h2-11H,1H3,(H,21,22,23)/t11-/m0/s1. The Balaban J connectivity index is 1.85. The van der Waals surface area contributed by atoms with Crippen molar-refractivity contribution in [1.29, 1.82) is 0 Å². The van der Waals surface area contributed by atoms with E-state index >= 15 is 0 Å². The minimum absolute atomic E-state index is 0.0920. The predicted octanol–water partition coefficient (Wildman–Crippen LogP) is 4.50. The maximum Gasteiger partial charge on any atom is 0.225 e. The summed E-state index contributed by atoms with van der Waals surface area (Å²) in [5, 5.41) is 3.50. The molecule has 1 aromatic carbocycles. The Morgan fingerprint density at radius 1 is 1.04 bits per heavy atom. The molecule has 2 heterocycles. The van der Waals surface area contributed by atoms with Gasteiger partial charge in [-0.15, -0.1) is 0 Å². The molecular weight excluding hydrogens is 315 g/mol. The van der Waals surface area contributed by atoms with E-state index in [4.69, 9.17) is 11.6 Å². The fraction of sp³-hybridized carbons (Fsp3) is 0.118. The van der Waals surface area contributed by atoms with E-state index in [1.165, 1.54) is 12.1 Å². The van der Waals surface area contributed by atoms with Gasteiger partial charge in [0, 0.05) is 12.3 Å². The van der Waals surface area contributed by atoms with E-state index in [0.29, 0.717) is 22.5 Å². The lowest BCUT2D eigenvalue weighted by Crippen LogP contribution is -2.10. The summed E-state index contributed by atoms with van der Waals surface area (Å²) in [7, 11) is 0. The van der Waals surface area contributed by atoms with Gasteiger partial charge < -0.3 is 5.32 Å². The molecule has 0 amide bonds. The van der Waals surface area contributed by atoms with E-state index in [0.717, 1.165) is 5.56 Å². The summed E-state index contributed by atoms with van der Waals surface area (Å²) in [6.07, 6.45) is 1.69. The highest BCUT2D eigenvalue weighted by molar-refractivity contribution is 6.29. The number of nitrogens with zero attached hydrogens (tertiary/aromatic N) is 3. The first kappa shape index (κ1) is 15.4. The molecule has 0 aliphatic carbocycles. The van der Waals surface area contributed by atoms with E-state index < -0.39 is 0 Å². The first-order valence-corrected chi connectivity index (χ1v) is 7.47. The minimum Gasteiger partial charge on any atom is -0.348 e. The zero-order valence-corrected chi connectivity index (χ0v) is 13.1. The van der Waals surface area contributed by atoms with Crippen LogP contribution in [-0.2, 0) is 0 Å².